The zero-order chi connectivity index (χ0) is 15.8. The number of amides is 2. The smallest absolute Gasteiger partial charge is 0.350 e. The molecule has 2 amide bonds. The number of aliphatic imine (C=N–C) groups is 1. The number of hydrogen-bond acceptors (Lipinski definition) is 1. The van der Waals surface area contributed by atoms with Gasteiger partial charge in [-0.1, -0.05) is 38.3 Å². The van der Waals surface area contributed by atoms with Gasteiger partial charge in [0.1, 0.15) is 0 Å². The van der Waals surface area contributed by atoms with E-state index in [2.05, 4.69) is 24.0 Å². The molecule has 5 heteroatoms. The van der Waals surface area contributed by atoms with Crippen molar-refractivity contribution in [2.75, 3.05) is 11.9 Å². The van der Waals surface area contributed by atoms with Crippen LogP contribution in [0.2, 0.25) is 0 Å². The molecule has 0 aliphatic rings. The van der Waals surface area contributed by atoms with Gasteiger partial charge in [-0.25, -0.2) is 4.79 Å². The molecule has 4 N–H and O–H groups in total. The Kier molecular flexibility index (Phi) is 6.72. The monoisotopic (exact) mass is 290 g/mol. The summed E-state index contributed by atoms with van der Waals surface area (Å²) in [5.74, 6) is -0.225. The topological polar surface area (TPSA) is 84.7 Å². The third kappa shape index (κ3) is 5.45. The van der Waals surface area contributed by atoms with Gasteiger partial charge in [0.2, 0.25) is 0 Å². The van der Waals surface area contributed by atoms with Crippen molar-refractivity contribution in [2.24, 2.45) is 16.5 Å². The Labute approximate surface area is 127 Å². The van der Waals surface area contributed by atoms with Crippen LogP contribution in [0, 0.1) is 6.92 Å². The molecule has 1 aromatic rings. The molecule has 0 heterocycles. The summed E-state index contributed by atoms with van der Waals surface area (Å²) in [7, 11) is 1.66. The molecule has 0 aromatic heterocycles. The molecular formula is C16H26N4O. The first-order valence-corrected chi connectivity index (χ1v) is 7.42. The van der Waals surface area contributed by atoms with Crippen molar-refractivity contribution in [3.63, 3.8) is 0 Å². The molecule has 1 rings (SSSR count). The van der Waals surface area contributed by atoms with Crippen LogP contribution in [0.1, 0.15) is 43.7 Å². The molecule has 0 radical (unpaired) electrons. The molecule has 0 fully saturated rings. The predicted molar refractivity (Wildman–Crippen MR) is 88.6 cm³/mol. The highest BCUT2D eigenvalue weighted by Gasteiger charge is 2.12. The number of nitrogens with zero attached hydrogens (tertiary/aromatic N) is 2. The lowest BCUT2D eigenvalue weighted by atomic mass is 10.0. The van der Waals surface area contributed by atoms with Crippen LogP contribution in [-0.4, -0.2) is 19.0 Å². The van der Waals surface area contributed by atoms with E-state index in [1.54, 1.807) is 7.05 Å². The van der Waals surface area contributed by atoms with Crippen LogP contribution in [0.4, 0.5) is 10.5 Å². The SMILES string of the molecule is CCCCCCc1ccc(N(C)C(=O)N=C(N)N)c(C)c1. The Hall–Kier alpha value is -2.04. The second-order valence-electron chi connectivity index (χ2n) is 5.31. The summed E-state index contributed by atoms with van der Waals surface area (Å²) in [5, 5.41) is 0. The Morgan fingerprint density at radius 1 is 1.24 bits per heavy atom. The maximum absolute atomic E-state index is 11.8. The first-order valence-electron chi connectivity index (χ1n) is 7.42. The highest BCUT2D eigenvalue weighted by atomic mass is 16.2. The fourth-order valence-electron chi connectivity index (χ4n) is 2.29. The summed E-state index contributed by atoms with van der Waals surface area (Å²) in [6.45, 7) is 4.20. The average Bonchev–Trinajstić information content (AvgIpc) is 2.42. The van der Waals surface area contributed by atoms with Crippen LogP contribution in [0.3, 0.4) is 0 Å². The van der Waals surface area contributed by atoms with Crippen LogP contribution in [0.25, 0.3) is 0 Å². The highest BCUT2D eigenvalue weighted by Crippen LogP contribution is 2.22. The molecule has 0 aliphatic heterocycles. The van der Waals surface area contributed by atoms with Gasteiger partial charge in [0, 0.05) is 12.7 Å². The molecular weight excluding hydrogens is 264 g/mol. The number of rotatable bonds is 6. The van der Waals surface area contributed by atoms with Crippen molar-refractivity contribution < 1.29 is 4.79 Å². The minimum Gasteiger partial charge on any atom is -0.370 e. The number of hydrogen-bond donors (Lipinski definition) is 2. The molecule has 0 aliphatic carbocycles. The van der Waals surface area contributed by atoms with Crippen molar-refractivity contribution in [1.82, 2.24) is 0 Å². The van der Waals surface area contributed by atoms with Crippen LogP contribution in [0.5, 0.6) is 0 Å². The van der Waals surface area contributed by atoms with Gasteiger partial charge in [-0.15, -0.1) is 0 Å². The summed E-state index contributed by atoms with van der Waals surface area (Å²) in [4.78, 5) is 16.8. The third-order valence-corrected chi connectivity index (χ3v) is 3.45. The van der Waals surface area contributed by atoms with Gasteiger partial charge in [0.05, 0.1) is 0 Å². The largest absolute Gasteiger partial charge is 0.370 e. The maximum Gasteiger partial charge on any atom is 0.350 e. The van der Waals surface area contributed by atoms with Crippen molar-refractivity contribution >= 4 is 17.7 Å². The number of guanidine groups is 1. The van der Waals surface area contributed by atoms with Crippen molar-refractivity contribution in [1.29, 1.82) is 0 Å². The fourth-order valence-corrected chi connectivity index (χ4v) is 2.29. The van der Waals surface area contributed by atoms with Gasteiger partial charge in [0.25, 0.3) is 0 Å². The minimum atomic E-state index is -0.464. The van der Waals surface area contributed by atoms with Gasteiger partial charge >= 0.3 is 6.03 Å². The summed E-state index contributed by atoms with van der Waals surface area (Å²) >= 11 is 0. The zero-order valence-electron chi connectivity index (χ0n) is 13.2. The Morgan fingerprint density at radius 3 is 2.52 bits per heavy atom. The molecule has 0 unspecified atom stereocenters. The van der Waals surface area contributed by atoms with E-state index in [1.807, 2.05) is 13.0 Å². The third-order valence-electron chi connectivity index (χ3n) is 3.45. The molecule has 1 aromatic carbocycles. The lowest BCUT2D eigenvalue weighted by molar-refractivity contribution is 0.255. The van der Waals surface area contributed by atoms with E-state index in [0.29, 0.717) is 0 Å². The van der Waals surface area contributed by atoms with Gasteiger partial charge < -0.3 is 11.5 Å². The van der Waals surface area contributed by atoms with Crippen LogP contribution in [0.15, 0.2) is 23.2 Å². The number of unbranched alkanes of at least 4 members (excludes halogenated alkanes) is 3. The number of carbonyl (C=O) groups is 1. The lowest BCUT2D eigenvalue weighted by Gasteiger charge is -2.18. The molecule has 0 atom stereocenters. The number of benzene rings is 1. The van der Waals surface area contributed by atoms with Gasteiger partial charge in [-0.05, 0) is 37.0 Å². The number of carbonyl (C=O) groups excluding carboxylic acids is 1. The van der Waals surface area contributed by atoms with Gasteiger partial charge in [-0.2, -0.15) is 4.99 Å². The van der Waals surface area contributed by atoms with Gasteiger partial charge in [0.15, 0.2) is 5.96 Å². The zero-order valence-corrected chi connectivity index (χ0v) is 13.2. The molecule has 0 saturated heterocycles. The van der Waals surface area contributed by atoms with E-state index in [-0.39, 0.29) is 5.96 Å². The Morgan fingerprint density at radius 2 is 1.95 bits per heavy atom. The van der Waals surface area contributed by atoms with Crippen molar-refractivity contribution in [3.05, 3.63) is 29.3 Å². The van der Waals surface area contributed by atoms with E-state index in [0.717, 1.165) is 17.7 Å². The predicted octanol–water partition coefficient (Wildman–Crippen LogP) is 2.95. The second kappa shape index (κ2) is 8.29. The molecule has 21 heavy (non-hydrogen) atoms. The molecule has 5 nitrogen and oxygen atoms in total. The Balaban J connectivity index is 2.73. The quantitative estimate of drug-likeness (QED) is 0.480. The fraction of sp³-hybridized carbons (Fsp3) is 0.500. The van der Waals surface area contributed by atoms with Crippen LogP contribution >= 0.6 is 0 Å². The van der Waals surface area contributed by atoms with Crippen molar-refractivity contribution in [2.45, 2.75) is 46.0 Å². The molecule has 0 spiro atoms. The minimum absolute atomic E-state index is 0.225. The number of urea groups is 1. The highest BCUT2D eigenvalue weighted by molar-refractivity contribution is 5.99. The summed E-state index contributed by atoms with van der Waals surface area (Å²) < 4.78 is 0. The maximum atomic E-state index is 11.8. The van der Waals surface area contributed by atoms with E-state index in [4.69, 9.17) is 11.5 Å². The van der Waals surface area contributed by atoms with E-state index >= 15 is 0 Å². The van der Waals surface area contributed by atoms with Crippen molar-refractivity contribution in [3.8, 4) is 0 Å². The summed E-state index contributed by atoms with van der Waals surface area (Å²) in [6, 6.07) is 5.67. The number of anilines is 1. The standard InChI is InChI=1S/C16H26N4O/c1-4-5-6-7-8-13-9-10-14(12(2)11-13)20(3)16(21)19-15(17)18/h9-11H,4-8H2,1-3H3,(H4,17,18,19,21). The molecule has 0 bridgehead atoms. The summed E-state index contributed by atoms with van der Waals surface area (Å²) in [5.41, 5.74) is 13.6. The van der Waals surface area contributed by atoms with Gasteiger partial charge in [-0.3, -0.25) is 4.90 Å². The van der Waals surface area contributed by atoms with E-state index in [1.165, 1.54) is 36.1 Å². The average molecular weight is 290 g/mol. The first kappa shape index (κ1) is 17.0. The lowest BCUT2D eigenvalue weighted by Crippen LogP contribution is -2.30. The number of nitrogens with two attached hydrogens (primary N) is 2. The summed E-state index contributed by atoms with van der Waals surface area (Å²) in [6.07, 6.45) is 6.07. The second-order valence-corrected chi connectivity index (χ2v) is 5.31. The molecule has 116 valence electrons. The first-order chi connectivity index (χ1) is 9.95. The van der Waals surface area contributed by atoms with E-state index in [9.17, 15) is 4.79 Å². The van der Waals surface area contributed by atoms with Crippen LogP contribution < -0.4 is 16.4 Å². The molecule has 0 saturated carbocycles. The Bertz CT molecular complexity index is 507. The normalized spacial score (nSPS) is 10.2. The van der Waals surface area contributed by atoms with Crippen LogP contribution in [-0.2, 0) is 6.42 Å². The number of aryl methyl sites for hydroxylation is 2. The van der Waals surface area contributed by atoms with E-state index < -0.39 is 6.03 Å².